The molecule has 2 aromatic rings. The summed E-state index contributed by atoms with van der Waals surface area (Å²) in [6.45, 7) is 0. The van der Waals surface area contributed by atoms with Crippen molar-refractivity contribution in [3.05, 3.63) is 51.6 Å². The lowest BCUT2D eigenvalue weighted by molar-refractivity contribution is -0.385. The summed E-state index contributed by atoms with van der Waals surface area (Å²) in [7, 11) is -6.34. The van der Waals surface area contributed by atoms with Crippen LogP contribution in [0.1, 0.15) is 20.7 Å². The van der Waals surface area contributed by atoms with Gasteiger partial charge in [-0.3, -0.25) is 19.7 Å². The van der Waals surface area contributed by atoms with Crippen LogP contribution in [0.3, 0.4) is 0 Å². The molecule has 136 valence electrons. The summed E-state index contributed by atoms with van der Waals surface area (Å²) in [5.41, 5.74) is -8.24. The quantitative estimate of drug-likeness (QED) is 0.340. The number of rotatable bonds is 3. The molecule has 0 N–H and O–H groups in total. The van der Waals surface area contributed by atoms with Crippen molar-refractivity contribution in [3.63, 3.8) is 0 Å². The van der Waals surface area contributed by atoms with E-state index in [-0.39, 0.29) is 10.8 Å². The van der Waals surface area contributed by atoms with E-state index in [9.17, 15) is 41.3 Å². The molecule has 26 heavy (non-hydrogen) atoms. The number of imide groups is 1. The Kier molecular flexibility index (Phi) is 3.73. The van der Waals surface area contributed by atoms with E-state index in [4.69, 9.17) is 0 Å². The van der Waals surface area contributed by atoms with Gasteiger partial charge in [-0.25, -0.2) is 0 Å². The first-order chi connectivity index (χ1) is 12.0. The zero-order chi connectivity index (χ0) is 19.4. The number of halogens is 3. The second-order valence-electron chi connectivity index (χ2n) is 5.00. The fraction of sp³-hybridized carbons (Fsp3) is 0.0769. The number of benzene rings is 2. The summed E-state index contributed by atoms with van der Waals surface area (Å²) >= 11 is 0. The average Bonchev–Trinajstić information content (AvgIpc) is 2.78. The van der Waals surface area contributed by atoms with E-state index in [0.717, 1.165) is 6.07 Å². The fourth-order valence-electron chi connectivity index (χ4n) is 2.42. The zero-order valence-electron chi connectivity index (χ0n) is 12.2. The van der Waals surface area contributed by atoms with Crippen LogP contribution in [0.4, 0.5) is 18.9 Å². The van der Waals surface area contributed by atoms with Gasteiger partial charge in [0.05, 0.1) is 10.5 Å². The van der Waals surface area contributed by atoms with Gasteiger partial charge in [0.1, 0.15) is 5.56 Å². The SMILES string of the molecule is O=C1c2c([N+](=O)[O-])cc3ccccc3c2C(=O)N1OS(=O)(=O)C(F)(F)F. The Morgan fingerprint density at radius 1 is 1.08 bits per heavy atom. The number of carbonyl (C=O) groups is 2. The lowest BCUT2D eigenvalue weighted by Crippen LogP contribution is -2.38. The highest BCUT2D eigenvalue weighted by Crippen LogP contribution is 2.38. The summed E-state index contributed by atoms with van der Waals surface area (Å²) in [4.78, 5) is 34.7. The van der Waals surface area contributed by atoms with E-state index in [1.165, 1.54) is 24.3 Å². The van der Waals surface area contributed by atoms with Gasteiger partial charge in [-0.2, -0.15) is 21.6 Å². The third-order valence-electron chi connectivity index (χ3n) is 3.48. The standard InChI is InChI=1S/C13H5F3N2O7S/c14-13(15,16)26(23,24)25-17-11(19)9-7-4-2-1-3-6(7)5-8(18(21)22)10(9)12(17)20/h1-5H. The van der Waals surface area contributed by atoms with Gasteiger partial charge >= 0.3 is 15.6 Å². The first kappa shape index (κ1) is 17.8. The molecule has 0 unspecified atom stereocenters. The smallest absolute Gasteiger partial charge is 0.266 e. The van der Waals surface area contributed by atoms with Crippen molar-refractivity contribution >= 4 is 38.4 Å². The molecule has 1 aliphatic rings. The molecule has 0 atom stereocenters. The van der Waals surface area contributed by atoms with Gasteiger partial charge in [0.25, 0.3) is 17.5 Å². The third-order valence-corrected chi connectivity index (χ3v) is 4.39. The van der Waals surface area contributed by atoms with Crippen LogP contribution in [0, 0.1) is 10.1 Å². The number of fused-ring (bicyclic) bond motifs is 3. The Balaban J connectivity index is 2.24. The molecule has 0 aliphatic carbocycles. The maximum atomic E-state index is 12.5. The molecule has 0 saturated carbocycles. The highest BCUT2D eigenvalue weighted by atomic mass is 32.2. The molecule has 0 saturated heterocycles. The lowest BCUT2D eigenvalue weighted by Gasteiger charge is -2.14. The number of amides is 2. The minimum atomic E-state index is -6.34. The predicted molar refractivity (Wildman–Crippen MR) is 77.2 cm³/mol. The summed E-state index contributed by atoms with van der Waals surface area (Å²) in [5, 5.41) is 10.7. The number of hydrogen-bond acceptors (Lipinski definition) is 7. The van der Waals surface area contributed by atoms with E-state index in [0.29, 0.717) is 0 Å². The molecule has 2 amide bonds. The van der Waals surface area contributed by atoms with Crippen molar-refractivity contribution in [2.75, 3.05) is 0 Å². The van der Waals surface area contributed by atoms with E-state index in [1.54, 1.807) is 0 Å². The number of hydrogen-bond donors (Lipinski definition) is 0. The first-order valence-corrected chi connectivity index (χ1v) is 7.96. The molecular formula is C13H5F3N2O7S. The maximum absolute atomic E-state index is 12.5. The van der Waals surface area contributed by atoms with Crippen molar-refractivity contribution < 1.29 is 40.4 Å². The number of nitro groups is 1. The van der Waals surface area contributed by atoms with E-state index in [2.05, 4.69) is 4.28 Å². The van der Waals surface area contributed by atoms with Crippen LogP contribution in [0.2, 0.25) is 0 Å². The van der Waals surface area contributed by atoms with Crippen LogP contribution in [0.15, 0.2) is 30.3 Å². The van der Waals surface area contributed by atoms with Crippen molar-refractivity contribution in [1.29, 1.82) is 0 Å². The monoisotopic (exact) mass is 390 g/mol. The third kappa shape index (κ3) is 2.48. The Bertz CT molecular complexity index is 1090. The van der Waals surface area contributed by atoms with Crippen LogP contribution in [0.25, 0.3) is 10.8 Å². The fourth-order valence-corrected chi connectivity index (χ4v) is 2.83. The molecule has 9 nitrogen and oxygen atoms in total. The zero-order valence-corrected chi connectivity index (χ0v) is 13.0. The van der Waals surface area contributed by atoms with E-state index in [1.807, 2.05) is 0 Å². The van der Waals surface area contributed by atoms with E-state index >= 15 is 0 Å². The van der Waals surface area contributed by atoms with Gasteiger partial charge in [-0.15, -0.1) is 9.35 Å². The molecule has 13 heteroatoms. The number of hydroxylamine groups is 2. The number of nitrogens with zero attached hydrogens (tertiary/aromatic N) is 2. The van der Waals surface area contributed by atoms with Gasteiger partial charge < -0.3 is 0 Å². The van der Waals surface area contributed by atoms with Crippen LogP contribution in [0.5, 0.6) is 0 Å². The Hall–Kier alpha value is -3.06. The Labute approximate surface area is 141 Å². The minimum absolute atomic E-state index is 0.0157. The van der Waals surface area contributed by atoms with Crippen molar-refractivity contribution in [1.82, 2.24) is 5.06 Å². The van der Waals surface area contributed by atoms with Crippen LogP contribution < -0.4 is 0 Å². The number of carbonyl (C=O) groups excluding carboxylic acids is 2. The van der Waals surface area contributed by atoms with Gasteiger partial charge in [-0.1, -0.05) is 24.3 Å². The van der Waals surface area contributed by atoms with Gasteiger partial charge in [0.2, 0.25) is 0 Å². The van der Waals surface area contributed by atoms with Crippen molar-refractivity contribution in [3.8, 4) is 0 Å². The van der Waals surface area contributed by atoms with Crippen LogP contribution in [-0.2, 0) is 14.4 Å². The summed E-state index contributed by atoms with van der Waals surface area (Å²) in [5.74, 6) is -3.24. The molecule has 0 fully saturated rings. The van der Waals surface area contributed by atoms with Crippen LogP contribution >= 0.6 is 0 Å². The largest absolute Gasteiger partial charge is 0.525 e. The van der Waals surface area contributed by atoms with Crippen molar-refractivity contribution in [2.24, 2.45) is 0 Å². The van der Waals surface area contributed by atoms with Gasteiger partial charge in [0.15, 0.2) is 0 Å². The summed E-state index contributed by atoms with van der Waals surface area (Å²) < 4.78 is 63.2. The molecule has 0 aromatic heterocycles. The van der Waals surface area contributed by atoms with Gasteiger partial charge in [-0.05, 0) is 10.8 Å². The second kappa shape index (κ2) is 5.47. The molecule has 0 bridgehead atoms. The second-order valence-corrected chi connectivity index (χ2v) is 6.52. The summed E-state index contributed by atoms with van der Waals surface area (Å²) in [6.07, 6.45) is 0. The number of nitro benzene ring substituents is 1. The normalized spacial score (nSPS) is 14.8. The molecule has 1 heterocycles. The summed E-state index contributed by atoms with van der Waals surface area (Å²) in [6, 6.07) is 6.51. The molecule has 0 spiro atoms. The maximum Gasteiger partial charge on any atom is 0.525 e. The van der Waals surface area contributed by atoms with Crippen molar-refractivity contribution in [2.45, 2.75) is 5.51 Å². The predicted octanol–water partition coefficient (Wildman–Crippen LogP) is 2.13. The molecule has 1 aliphatic heterocycles. The Morgan fingerprint density at radius 2 is 1.65 bits per heavy atom. The Morgan fingerprint density at radius 3 is 2.23 bits per heavy atom. The minimum Gasteiger partial charge on any atom is -0.266 e. The van der Waals surface area contributed by atoms with E-state index < -0.39 is 54.2 Å². The lowest BCUT2D eigenvalue weighted by atomic mass is 9.99. The van der Waals surface area contributed by atoms with Crippen LogP contribution in [-0.4, -0.2) is 35.7 Å². The van der Waals surface area contributed by atoms with Gasteiger partial charge in [0, 0.05) is 6.07 Å². The first-order valence-electron chi connectivity index (χ1n) is 6.55. The highest BCUT2D eigenvalue weighted by Gasteiger charge is 2.53. The molecule has 2 aromatic carbocycles. The average molecular weight is 390 g/mol. The molecule has 0 radical (unpaired) electrons. The molecular weight excluding hydrogens is 385 g/mol. The topological polar surface area (TPSA) is 124 Å². The molecule has 3 rings (SSSR count). The number of alkyl halides is 3. The highest BCUT2D eigenvalue weighted by molar-refractivity contribution is 7.87.